The Hall–Kier alpha value is -1.31. The van der Waals surface area contributed by atoms with Crippen molar-refractivity contribution in [3.8, 4) is 0 Å². The molecule has 0 aliphatic carbocycles. The van der Waals surface area contributed by atoms with Gasteiger partial charge in [0.15, 0.2) is 0 Å². The van der Waals surface area contributed by atoms with Crippen LogP contribution in [0.3, 0.4) is 0 Å². The summed E-state index contributed by atoms with van der Waals surface area (Å²) >= 11 is 1.89. The quantitative estimate of drug-likeness (QED) is 0.929. The zero-order chi connectivity index (χ0) is 15.4. The van der Waals surface area contributed by atoms with E-state index in [2.05, 4.69) is 24.3 Å². The highest BCUT2D eigenvalue weighted by Crippen LogP contribution is 2.25. The average molecular weight is 318 g/mol. The van der Waals surface area contributed by atoms with Gasteiger partial charge in [-0.3, -0.25) is 4.68 Å². The van der Waals surface area contributed by atoms with E-state index in [-0.39, 0.29) is 6.03 Å². The Labute approximate surface area is 127 Å². The first-order valence-electron chi connectivity index (χ1n) is 6.94. The number of thioether (sulfide) groups is 1. The molecule has 5 nitrogen and oxygen atoms in total. The molecule has 0 saturated carbocycles. The molecule has 118 valence electrons. The van der Waals surface area contributed by atoms with E-state index < -0.39 is 13.0 Å². The molecular weight excluding hydrogens is 298 g/mol. The zero-order valence-electron chi connectivity index (χ0n) is 12.1. The lowest BCUT2D eigenvalue weighted by molar-refractivity contribution is 0.122. The summed E-state index contributed by atoms with van der Waals surface area (Å²) in [5.74, 6) is 1.43. The molecule has 1 saturated heterocycles. The maximum absolute atomic E-state index is 12.2. The van der Waals surface area contributed by atoms with Gasteiger partial charge in [-0.2, -0.15) is 16.9 Å². The largest absolute Gasteiger partial charge is 0.323 e. The third-order valence-electron chi connectivity index (χ3n) is 3.33. The van der Waals surface area contributed by atoms with E-state index in [1.165, 1.54) is 12.4 Å². The van der Waals surface area contributed by atoms with Crippen molar-refractivity contribution in [2.75, 3.05) is 24.2 Å². The summed E-state index contributed by atoms with van der Waals surface area (Å²) in [5, 5.41) is 6.95. The topological polar surface area (TPSA) is 50.2 Å². The lowest BCUT2D eigenvalue weighted by Gasteiger charge is -2.34. The summed E-state index contributed by atoms with van der Waals surface area (Å²) in [5.41, 5.74) is 0.444. The van der Waals surface area contributed by atoms with Gasteiger partial charge in [-0.15, -0.1) is 0 Å². The second-order valence-electron chi connectivity index (χ2n) is 5.37. The first-order valence-corrected chi connectivity index (χ1v) is 7.98. The number of urea groups is 1. The van der Waals surface area contributed by atoms with Crippen LogP contribution in [-0.2, 0) is 6.54 Å². The normalized spacial score (nSPS) is 19.3. The lowest BCUT2D eigenvalue weighted by atomic mass is 10.1. The Morgan fingerprint density at radius 1 is 1.57 bits per heavy atom. The zero-order valence-corrected chi connectivity index (χ0v) is 12.9. The Bertz CT molecular complexity index is 480. The molecule has 1 aromatic heterocycles. The van der Waals surface area contributed by atoms with E-state index in [9.17, 15) is 13.6 Å². The SMILES string of the molecule is CC(C)[C@@H]1CN(C(=O)Nc2cnn(CC(F)F)c2)CCS1. The van der Waals surface area contributed by atoms with Gasteiger partial charge in [0.1, 0.15) is 6.54 Å². The highest BCUT2D eigenvalue weighted by Gasteiger charge is 2.26. The smallest absolute Gasteiger partial charge is 0.321 e. The van der Waals surface area contributed by atoms with Crippen molar-refractivity contribution in [3.05, 3.63) is 12.4 Å². The molecule has 1 N–H and O–H groups in total. The van der Waals surface area contributed by atoms with Gasteiger partial charge in [-0.1, -0.05) is 13.8 Å². The van der Waals surface area contributed by atoms with Crippen molar-refractivity contribution in [2.24, 2.45) is 5.92 Å². The fraction of sp³-hybridized carbons (Fsp3) is 0.692. The van der Waals surface area contributed by atoms with Gasteiger partial charge in [-0.25, -0.2) is 13.6 Å². The molecule has 1 aromatic rings. The minimum atomic E-state index is -2.46. The van der Waals surface area contributed by atoms with Crippen LogP contribution in [-0.4, -0.2) is 51.2 Å². The summed E-state index contributed by atoms with van der Waals surface area (Å²) < 4.78 is 25.6. The lowest BCUT2D eigenvalue weighted by Crippen LogP contribution is -2.45. The van der Waals surface area contributed by atoms with Crippen molar-refractivity contribution < 1.29 is 13.6 Å². The molecule has 1 aliphatic rings. The Morgan fingerprint density at radius 3 is 3.00 bits per heavy atom. The van der Waals surface area contributed by atoms with E-state index in [0.717, 1.165) is 10.4 Å². The van der Waals surface area contributed by atoms with E-state index >= 15 is 0 Å². The van der Waals surface area contributed by atoms with Gasteiger partial charge in [0.2, 0.25) is 0 Å². The Balaban J connectivity index is 1.90. The second kappa shape index (κ2) is 7.11. The number of alkyl halides is 2. The third kappa shape index (κ3) is 4.59. The number of rotatable bonds is 4. The maximum Gasteiger partial charge on any atom is 0.321 e. The average Bonchev–Trinajstić information content (AvgIpc) is 2.85. The third-order valence-corrected chi connectivity index (χ3v) is 4.87. The van der Waals surface area contributed by atoms with Gasteiger partial charge in [-0.05, 0) is 5.92 Å². The number of aromatic nitrogens is 2. The predicted octanol–water partition coefficient (Wildman–Crippen LogP) is 2.75. The van der Waals surface area contributed by atoms with Crippen molar-refractivity contribution in [3.63, 3.8) is 0 Å². The summed E-state index contributed by atoms with van der Waals surface area (Å²) in [4.78, 5) is 14.0. The van der Waals surface area contributed by atoms with Crippen LogP contribution in [0.5, 0.6) is 0 Å². The summed E-state index contributed by atoms with van der Waals surface area (Å²) in [7, 11) is 0. The summed E-state index contributed by atoms with van der Waals surface area (Å²) in [6.45, 7) is 5.23. The van der Waals surface area contributed by atoms with Crippen LogP contribution in [0.25, 0.3) is 0 Å². The Kier molecular flexibility index (Phi) is 5.44. The number of nitrogens with zero attached hydrogens (tertiary/aromatic N) is 3. The van der Waals surface area contributed by atoms with Crippen LogP contribution in [0.15, 0.2) is 12.4 Å². The fourth-order valence-electron chi connectivity index (χ4n) is 2.14. The molecule has 8 heteroatoms. The minimum absolute atomic E-state index is 0.197. The fourth-order valence-corrected chi connectivity index (χ4v) is 3.43. The molecule has 0 spiro atoms. The van der Waals surface area contributed by atoms with Crippen LogP contribution < -0.4 is 5.32 Å². The molecule has 2 amide bonds. The standard InChI is InChI=1S/C13H20F2N4OS/c1-9(2)11-7-18(3-4-21-11)13(20)17-10-5-16-19(6-10)8-12(14)15/h5-6,9,11-12H,3-4,7-8H2,1-2H3,(H,17,20)/t11-/m0/s1. The van der Waals surface area contributed by atoms with E-state index in [1.54, 1.807) is 4.90 Å². The highest BCUT2D eigenvalue weighted by atomic mass is 32.2. The predicted molar refractivity (Wildman–Crippen MR) is 79.9 cm³/mol. The number of hydrogen-bond acceptors (Lipinski definition) is 3. The van der Waals surface area contributed by atoms with Crippen molar-refractivity contribution in [1.29, 1.82) is 0 Å². The van der Waals surface area contributed by atoms with Crippen molar-refractivity contribution >= 4 is 23.5 Å². The van der Waals surface area contributed by atoms with E-state index in [0.29, 0.717) is 29.9 Å². The van der Waals surface area contributed by atoms with E-state index in [4.69, 9.17) is 0 Å². The maximum atomic E-state index is 12.2. The molecule has 0 aromatic carbocycles. The summed E-state index contributed by atoms with van der Waals surface area (Å²) in [6.07, 6.45) is 0.348. The monoisotopic (exact) mass is 318 g/mol. The molecule has 21 heavy (non-hydrogen) atoms. The van der Waals surface area contributed by atoms with Gasteiger partial charge in [0.25, 0.3) is 6.43 Å². The Morgan fingerprint density at radius 2 is 2.33 bits per heavy atom. The number of anilines is 1. The number of nitrogens with one attached hydrogen (secondary N) is 1. The van der Waals surface area contributed by atoms with Gasteiger partial charge >= 0.3 is 6.03 Å². The molecule has 0 bridgehead atoms. The number of amides is 2. The van der Waals surface area contributed by atoms with Crippen LogP contribution in [0, 0.1) is 5.92 Å². The first kappa shape index (κ1) is 16.1. The minimum Gasteiger partial charge on any atom is -0.323 e. The first-order chi connectivity index (χ1) is 9.95. The molecule has 1 fully saturated rings. The molecule has 2 heterocycles. The molecule has 2 rings (SSSR count). The van der Waals surface area contributed by atoms with Gasteiger partial charge in [0.05, 0.1) is 11.9 Å². The van der Waals surface area contributed by atoms with Gasteiger partial charge < -0.3 is 10.2 Å². The van der Waals surface area contributed by atoms with Crippen LogP contribution in [0.1, 0.15) is 13.8 Å². The number of carbonyl (C=O) groups is 1. The molecular formula is C13H20F2N4OS. The van der Waals surface area contributed by atoms with Crippen LogP contribution in [0.4, 0.5) is 19.3 Å². The number of halogens is 2. The number of carbonyl (C=O) groups excluding carboxylic acids is 1. The molecule has 1 aliphatic heterocycles. The molecule has 0 unspecified atom stereocenters. The van der Waals surface area contributed by atoms with Crippen molar-refractivity contribution in [1.82, 2.24) is 14.7 Å². The second-order valence-corrected chi connectivity index (χ2v) is 6.72. The van der Waals surface area contributed by atoms with Crippen LogP contribution >= 0.6 is 11.8 Å². The molecule has 1 atom stereocenters. The molecule has 0 radical (unpaired) electrons. The van der Waals surface area contributed by atoms with E-state index in [1.807, 2.05) is 11.8 Å². The summed E-state index contributed by atoms with van der Waals surface area (Å²) in [6, 6.07) is -0.197. The number of hydrogen-bond donors (Lipinski definition) is 1. The van der Waals surface area contributed by atoms with Crippen LogP contribution in [0.2, 0.25) is 0 Å². The van der Waals surface area contributed by atoms with Crippen molar-refractivity contribution in [2.45, 2.75) is 32.1 Å². The highest BCUT2D eigenvalue weighted by molar-refractivity contribution is 8.00. The van der Waals surface area contributed by atoms with Gasteiger partial charge in [0, 0.05) is 30.3 Å².